The second-order valence-electron chi connectivity index (χ2n) is 9.41. The van der Waals surface area contributed by atoms with E-state index in [1.807, 2.05) is 0 Å². The molecule has 0 bridgehead atoms. The van der Waals surface area contributed by atoms with E-state index in [9.17, 15) is 5.11 Å². The number of aliphatic hydroxyl groups excluding tert-OH is 1. The minimum Gasteiger partial charge on any atom is -0.393 e. The van der Waals surface area contributed by atoms with Crippen LogP contribution in [0.5, 0.6) is 0 Å². The van der Waals surface area contributed by atoms with Crippen LogP contribution in [-0.2, 0) is 0 Å². The maximum Gasteiger partial charge on any atom is 0.0568 e. The van der Waals surface area contributed by atoms with Crippen molar-refractivity contribution in [1.29, 1.82) is 0 Å². The zero-order valence-corrected chi connectivity index (χ0v) is 18.9. The molecule has 1 rings (SSSR count). The average Bonchev–Trinajstić information content (AvgIpc) is 2.67. The van der Waals surface area contributed by atoms with E-state index < -0.39 is 0 Å². The summed E-state index contributed by atoms with van der Waals surface area (Å²) in [4.78, 5) is 0. The lowest BCUT2D eigenvalue weighted by atomic mass is 9.87. The molecule has 162 valence electrons. The number of aliphatic hydroxyl groups is 1. The summed E-state index contributed by atoms with van der Waals surface area (Å²) in [5, 5.41) is 10.8. The van der Waals surface area contributed by atoms with Crippen LogP contribution in [0, 0.1) is 5.92 Å². The molecule has 0 aromatic rings. The highest BCUT2D eigenvalue weighted by atomic mass is 16.3. The van der Waals surface area contributed by atoms with Crippen molar-refractivity contribution >= 4 is 0 Å². The van der Waals surface area contributed by atoms with Gasteiger partial charge in [0.1, 0.15) is 0 Å². The second-order valence-corrected chi connectivity index (χ2v) is 9.41. The Kier molecular flexibility index (Phi) is 17.9. The van der Waals surface area contributed by atoms with Gasteiger partial charge < -0.3 is 5.11 Å². The molecule has 0 heterocycles. The predicted molar refractivity (Wildman–Crippen MR) is 121 cm³/mol. The van der Waals surface area contributed by atoms with E-state index in [0.717, 1.165) is 6.42 Å². The largest absolute Gasteiger partial charge is 0.393 e. The lowest BCUT2D eigenvalue weighted by molar-refractivity contribution is 0.0829. The van der Waals surface area contributed by atoms with Crippen LogP contribution in [0.2, 0.25) is 0 Å². The highest BCUT2D eigenvalue weighted by Gasteiger charge is 2.18. The van der Waals surface area contributed by atoms with Crippen molar-refractivity contribution in [2.24, 2.45) is 5.92 Å². The molecule has 0 aliphatic heterocycles. The SMILES string of the molecule is CCCCCCCCC1CCCCCCCCCCCCCCCCC1O. The number of hydrogen-bond donors (Lipinski definition) is 1. The van der Waals surface area contributed by atoms with E-state index in [-0.39, 0.29) is 6.10 Å². The Morgan fingerprint density at radius 3 is 1.44 bits per heavy atom. The monoisotopic (exact) mass is 380 g/mol. The second kappa shape index (κ2) is 19.3. The quantitative estimate of drug-likeness (QED) is 0.437. The molecule has 1 saturated carbocycles. The van der Waals surface area contributed by atoms with E-state index in [1.165, 1.54) is 141 Å². The van der Waals surface area contributed by atoms with Crippen molar-refractivity contribution in [2.75, 3.05) is 0 Å². The van der Waals surface area contributed by atoms with Crippen LogP contribution in [0.4, 0.5) is 0 Å². The first-order chi connectivity index (χ1) is 13.3. The molecule has 1 heteroatoms. The molecular formula is C26H52O. The van der Waals surface area contributed by atoms with Crippen molar-refractivity contribution in [3.63, 3.8) is 0 Å². The Morgan fingerprint density at radius 2 is 0.926 bits per heavy atom. The lowest BCUT2D eigenvalue weighted by Crippen LogP contribution is -2.20. The lowest BCUT2D eigenvalue weighted by Gasteiger charge is -2.23. The molecule has 27 heavy (non-hydrogen) atoms. The van der Waals surface area contributed by atoms with E-state index in [4.69, 9.17) is 0 Å². The number of rotatable bonds is 7. The van der Waals surface area contributed by atoms with Gasteiger partial charge in [-0.1, -0.05) is 135 Å². The van der Waals surface area contributed by atoms with Crippen molar-refractivity contribution in [3.8, 4) is 0 Å². The van der Waals surface area contributed by atoms with Gasteiger partial charge in [0.15, 0.2) is 0 Å². The van der Waals surface area contributed by atoms with Crippen LogP contribution >= 0.6 is 0 Å². The van der Waals surface area contributed by atoms with Gasteiger partial charge in [0.05, 0.1) is 6.10 Å². The van der Waals surface area contributed by atoms with Crippen LogP contribution in [-0.4, -0.2) is 11.2 Å². The first kappa shape index (κ1) is 25.0. The van der Waals surface area contributed by atoms with E-state index >= 15 is 0 Å². The molecule has 1 N–H and O–H groups in total. The smallest absolute Gasteiger partial charge is 0.0568 e. The van der Waals surface area contributed by atoms with Crippen molar-refractivity contribution in [3.05, 3.63) is 0 Å². The molecule has 0 amide bonds. The fourth-order valence-corrected chi connectivity index (χ4v) is 4.83. The van der Waals surface area contributed by atoms with E-state index in [1.54, 1.807) is 0 Å². The van der Waals surface area contributed by atoms with Crippen molar-refractivity contribution in [1.82, 2.24) is 0 Å². The standard InChI is InChI=1S/C26H52O/c1-2-3-4-5-16-19-22-25-23-20-17-14-12-10-8-6-7-9-11-13-15-18-21-24-26(25)27/h25-27H,2-24H2,1H3. The molecule has 0 aromatic carbocycles. The highest BCUT2D eigenvalue weighted by Crippen LogP contribution is 2.25. The summed E-state index contributed by atoms with van der Waals surface area (Å²) in [6.07, 6.45) is 31.5. The normalized spacial score (nSPS) is 25.6. The molecule has 1 fully saturated rings. The molecule has 1 nitrogen and oxygen atoms in total. The number of unbranched alkanes of at least 4 members (excludes halogenated alkanes) is 5. The first-order valence-electron chi connectivity index (χ1n) is 13.0. The molecule has 2 atom stereocenters. The molecule has 0 spiro atoms. The summed E-state index contributed by atoms with van der Waals surface area (Å²) in [7, 11) is 0. The highest BCUT2D eigenvalue weighted by molar-refractivity contribution is 4.70. The molecule has 0 radical (unpaired) electrons. The molecule has 0 aromatic heterocycles. The Hall–Kier alpha value is -0.0400. The van der Waals surface area contributed by atoms with Crippen LogP contribution in [0.3, 0.4) is 0 Å². The first-order valence-corrected chi connectivity index (χ1v) is 13.0. The van der Waals surface area contributed by atoms with Crippen LogP contribution in [0.15, 0.2) is 0 Å². The Labute approximate surface area is 172 Å². The topological polar surface area (TPSA) is 20.2 Å². The van der Waals surface area contributed by atoms with E-state index in [2.05, 4.69) is 6.92 Å². The summed E-state index contributed by atoms with van der Waals surface area (Å²) in [5.41, 5.74) is 0. The maximum atomic E-state index is 10.8. The zero-order valence-electron chi connectivity index (χ0n) is 18.9. The fraction of sp³-hybridized carbons (Fsp3) is 1.00. The summed E-state index contributed by atoms with van der Waals surface area (Å²) >= 11 is 0. The van der Waals surface area contributed by atoms with Crippen LogP contribution in [0.1, 0.15) is 155 Å². The van der Waals surface area contributed by atoms with Gasteiger partial charge in [-0.25, -0.2) is 0 Å². The van der Waals surface area contributed by atoms with Gasteiger partial charge in [-0.3, -0.25) is 0 Å². The third-order valence-corrected chi connectivity index (χ3v) is 6.80. The van der Waals surface area contributed by atoms with Gasteiger partial charge in [-0.2, -0.15) is 0 Å². The predicted octanol–water partition coefficient (Wildman–Crippen LogP) is 8.97. The van der Waals surface area contributed by atoms with Gasteiger partial charge in [0.25, 0.3) is 0 Å². The third kappa shape index (κ3) is 15.5. The fourth-order valence-electron chi connectivity index (χ4n) is 4.83. The summed E-state index contributed by atoms with van der Waals surface area (Å²) in [5.74, 6) is 0.579. The van der Waals surface area contributed by atoms with Gasteiger partial charge in [-0.05, 0) is 25.2 Å². The van der Waals surface area contributed by atoms with Gasteiger partial charge in [0.2, 0.25) is 0 Å². The molecule has 0 saturated heterocycles. The van der Waals surface area contributed by atoms with Gasteiger partial charge in [0, 0.05) is 0 Å². The molecule has 1 aliphatic carbocycles. The van der Waals surface area contributed by atoms with Gasteiger partial charge >= 0.3 is 0 Å². The number of hydrogen-bond acceptors (Lipinski definition) is 1. The average molecular weight is 381 g/mol. The minimum atomic E-state index is -0.0282. The van der Waals surface area contributed by atoms with Crippen LogP contribution in [0.25, 0.3) is 0 Å². The van der Waals surface area contributed by atoms with Gasteiger partial charge in [-0.15, -0.1) is 0 Å². The minimum absolute atomic E-state index is 0.0282. The summed E-state index contributed by atoms with van der Waals surface area (Å²) < 4.78 is 0. The zero-order chi connectivity index (χ0) is 19.4. The molecular weight excluding hydrogens is 328 g/mol. The molecule has 1 aliphatic rings. The summed E-state index contributed by atoms with van der Waals surface area (Å²) in [6, 6.07) is 0. The van der Waals surface area contributed by atoms with E-state index in [0.29, 0.717) is 5.92 Å². The Morgan fingerprint density at radius 1 is 0.519 bits per heavy atom. The van der Waals surface area contributed by atoms with Crippen molar-refractivity contribution in [2.45, 2.75) is 161 Å². The Balaban J connectivity index is 2.30. The Bertz CT molecular complexity index is 288. The third-order valence-electron chi connectivity index (χ3n) is 6.80. The van der Waals surface area contributed by atoms with Crippen molar-refractivity contribution < 1.29 is 5.11 Å². The molecule has 2 unspecified atom stereocenters. The summed E-state index contributed by atoms with van der Waals surface area (Å²) in [6.45, 7) is 2.29. The maximum absolute atomic E-state index is 10.8. The van der Waals surface area contributed by atoms with Crippen LogP contribution < -0.4 is 0 Å².